The summed E-state index contributed by atoms with van der Waals surface area (Å²) in [6.07, 6.45) is -1.29. The topological polar surface area (TPSA) is 55.2 Å². The fraction of sp³-hybridized carbons (Fsp3) is 0.667. The maximum absolute atomic E-state index is 12.3. The number of ether oxygens (including phenoxy) is 1. The lowest BCUT2D eigenvalue weighted by molar-refractivity contribution is -0.141. The molecule has 0 aliphatic heterocycles. The summed E-state index contributed by atoms with van der Waals surface area (Å²) < 4.78 is 42.4. The molecule has 0 unspecified atom stereocenters. The Morgan fingerprint density at radius 1 is 1.16 bits per heavy atom. The van der Waals surface area contributed by atoms with Crippen molar-refractivity contribution in [1.82, 2.24) is 10.2 Å². The van der Waals surface area contributed by atoms with E-state index >= 15 is 0 Å². The molecule has 106 valence electrons. The van der Waals surface area contributed by atoms with Crippen LogP contribution >= 0.6 is 0 Å². The van der Waals surface area contributed by atoms with E-state index in [2.05, 4.69) is 10.2 Å². The highest BCUT2D eigenvalue weighted by Gasteiger charge is 2.33. The molecule has 0 spiro atoms. The maximum Gasteiger partial charge on any atom is 0.435 e. The Morgan fingerprint density at radius 3 is 2.32 bits per heavy atom. The smallest absolute Gasteiger partial charge is 0.435 e. The molecule has 1 aliphatic carbocycles. The fourth-order valence-corrected chi connectivity index (χ4v) is 2.14. The maximum atomic E-state index is 12.3. The van der Waals surface area contributed by atoms with Gasteiger partial charge in [0.05, 0.1) is 0 Å². The molecule has 1 aromatic rings. The molecule has 0 atom stereocenters. The molecule has 0 saturated heterocycles. The largest absolute Gasteiger partial charge is 0.473 e. The van der Waals surface area contributed by atoms with Gasteiger partial charge in [-0.2, -0.15) is 13.2 Å². The molecule has 1 aliphatic rings. The summed E-state index contributed by atoms with van der Waals surface area (Å²) in [7, 11) is 0. The summed E-state index contributed by atoms with van der Waals surface area (Å²) in [5.74, 6) is 0.416. The zero-order valence-electron chi connectivity index (χ0n) is 10.2. The third-order valence-corrected chi connectivity index (χ3v) is 3.27. The van der Waals surface area contributed by atoms with Crippen molar-refractivity contribution in [2.45, 2.75) is 38.0 Å². The van der Waals surface area contributed by atoms with E-state index in [-0.39, 0.29) is 18.6 Å². The molecule has 1 saturated carbocycles. The molecule has 4 nitrogen and oxygen atoms in total. The van der Waals surface area contributed by atoms with Crippen molar-refractivity contribution in [3.8, 4) is 5.88 Å². The number of hydrogen-bond acceptors (Lipinski definition) is 4. The Morgan fingerprint density at radius 2 is 1.84 bits per heavy atom. The van der Waals surface area contributed by atoms with Gasteiger partial charge in [-0.3, -0.25) is 0 Å². The van der Waals surface area contributed by atoms with Crippen LogP contribution in [0.2, 0.25) is 0 Å². The lowest BCUT2D eigenvalue weighted by Crippen LogP contribution is -2.26. The van der Waals surface area contributed by atoms with Gasteiger partial charge in [0.2, 0.25) is 5.88 Å². The van der Waals surface area contributed by atoms with Crippen LogP contribution in [-0.2, 0) is 6.18 Å². The molecule has 0 aromatic carbocycles. The van der Waals surface area contributed by atoms with Crippen LogP contribution in [0.5, 0.6) is 5.88 Å². The van der Waals surface area contributed by atoms with E-state index in [0.717, 1.165) is 31.7 Å². The van der Waals surface area contributed by atoms with E-state index in [9.17, 15) is 13.2 Å². The quantitative estimate of drug-likeness (QED) is 0.921. The van der Waals surface area contributed by atoms with Gasteiger partial charge in [0, 0.05) is 12.7 Å². The summed E-state index contributed by atoms with van der Waals surface area (Å²) in [6.45, 7) is 0.173. The average Bonchev–Trinajstić information content (AvgIpc) is 2.39. The number of halogens is 3. The van der Waals surface area contributed by atoms with Crippen LogP contribution in [-0.4, -0.2) is 28.0 Å². The van der Waals surface area contributed by atoms with Gasteiger partial charge in [0.25, 0.3) is 0 Å². The number of aliphatic hydroxyl groups excluding tert-OH is 1. The first kappa shape index (κ1) is 14.0. The van der Waals surface area contributed by atoms with Gasteiger partial charge in [0.1, 0.15) is 6.10 Å². The second-order valence-corrected chi connectivity index (χ2v) is 4.70. The zero-order valence-corrected chi connectivity index (χ0v) is 10.2. The lowest BCUT2D eigenvalue weighted by atomic mass is 9.88. The third kappa shape index (κ3) is 3.79. The Balaban J connectivity index is 1.90. The van der Waals surface area contributed by atoms with Crippen molar-refractivity contribution in [3.63, 3.8) is 0 Å². The van der Waals surface area contributed by atoms with Crippen LogP contribution in [0.15, 0.2) is 12.1 Å². The number of nitrogens with zero attached hydrogens (tertiary/aromatic N) is 2. The molecule has 1 heterocycles. The van der Waals surface area contributed by atoms with E-state index in [0.29, 0.717) is 5.92 Å². The summed E-state index contributed by atoms with van der Waals surface area (Å²) in [6, 6.07) is 2.05. The fourth-order valence-electron chi connectivity index (χ4n) is 2.14. The molecule has 7 heteroatoms. The molecule has 2 rings (SSSR count). The summed E-state index contributed by atoms with van der Waals surface area (Å²) >= 11 is 0. The second kappa shape index (κ2) is 5.73. The van der Waals surface area contributed by atoms with Crippen LogP contribution in [0, 0.1) is 5.92 Å². The monoisotopic (exact) mass is 276 g/mol. The minimum Gasteiger partial charge on any atom is -0.473 e. The van der Waals surface area contributed by atoms with Crippen molar-refractivity contribution in [2.24, 2.45) is 5.92 Å². The predicted octanol–water partition coefficient (Wildman–Crippen LogP) is 2.43. The van der Waals surface area contributed by atoms with Gasteiger partial charge in [-0.15, -0.1) is 10.2 Å². The zero-order chi connectivity index (χ0) is 13.9. The van der Waals surface area contributed by atoms with Crippen molar-refractivity contribution in [1.29, 1.82) is 0 Å². The summed E-state index contributed by atoms with van der Waals surface area (Å²) in [5.41, 5.74) is -1.02. The standard InChI is InChI=1S/C12H15F3N2O2/c13-12(14,15)10-5-6-11(17-16-10)19-9-3-1-8(7-18)2-4-9/h5-6,8-9,18H,1-4,7H2. The Kier molecular flexibility index (Phi) is 4.24. The molecular weight excluding hydrogens is 261 g/mol. The van der Waals surface area contributed by atoms with Crippen molar-refractivity contribution >= 4 is 0 Å². The molecule has 1 fully saturated rings. The Bertz CT molecular complexity index is 400. The number of aromatic nitrogens is 2. The van der Waals surface area contributed by atoms with E-state index < -0.39 is 11.9 Å². The van der Waals surface area contributed by atoms with Crippen LogP contribution in [0.4, 0.5) is 13.2 Å². The Hall–Kier alpha value is -1.37. The van der Waals surface area contributed by atoms with Gasteiger partial charge in [0.15, 0.2) is 5.69 Å². The predicted molar refractivity (Wildman–Crippen MR) is 60.5 cm³/mol. The minimum atomic E-state index is -4.48. The van der Waals surface area contributed by atoms with Gasteiger partial charge in [-0.05, 0) is 37.7 Å². The van der Waals surface area contributed by atoms with Gasteiger partial charge < -0.3 is 9.84 Å². The van der Waals surface area contributed by atoms with Crippen molar-refractivity contribution in [3.05, 3.63) is 17.8 Å². The van der Waals surface area contributed by atoms with Gasteiger partial charge >= 0.3 is 6.18 Å². The van der Waals surface area contributed by atoms with Crippen LogP contribution < -0.4 is 4.74 Å². The molecule has 1 N–H and O–H groups in total. The summed E-state index contributed by atoms with van der Waals surface area (Å²) in [4.78, 5) is 0. The second-order valence-electron chi connectivity index (χ2n) is 4.70. The highest BCUT2D eigenvalue weighted by Crippen LogP contribution is 2.29. The van der Waals surface area contributed by atoms with Crippen molar-refractivity contribution in [2.75, 3.05) is 6.61 Å². The average molecular weight is 276 g/mol. The number of hydrogen-bond donors (Lipinski definition) is 1. The van der Waals surface area contributed by atoms with E-state index in [1.807, 2.05) is 0 Å². The highest BCUT2D eigenvalue weighted by molar-refractivity contribution is 5.13. The molecule has 0 radical (unpaired) electrons. The number of rotatable bonds is 3. The number of alkyl halides is 3. The van der Waals surface area contributed by atoms with Crippen molar-refractivity contribution < 1.29 is 23.0 Å². The SMILES string of the molecule is OCC1CCC(Oc2ccc(C(F)(F)F)nn2)CC1. The normalized spacial score (nSPS) is 24.2. The van der Waals surface area contributed by atoms with E-state index in [1.54, 1.807) is 0 Å². The highest BCUT2D eigenvalue weighted by atomic mass is 19.4. The van der Waals surface area contributed by atoms with Gasteiger partial charge in [-0.25, -0.2) is 0 Å². The number of aliphatic hydroxyl groups is 1. The molecular formula is C12H15F3N2O2. The molecule has 0 bridgehead atoms. The van der Waals surface area contributed by atoms with Gasteiger partial charge in [-0.1, -0.05) is 0 Å². The third-order valence-electron chi connectivity index (χ3n) is 3.27. The van der Waals surface area contributed by atoms with E-state index in [1.165, 1.54) is 6.07 Å². The van der Waals surface area contributed by atoms with Crippen LogP contribution in [0.1, 0.15) is 31.4 Å². The first-order valence-corrected chi connectivity index (χ1v) is 6.17. The molecule has 19 heavy (non-hydrogen) atoms. The molecule has 0 amide bonds. The summed E-state index contributed by atoms with van der Waals surface area (Å²) in [5, 5.41) is 15.5. The molecule has 1 aromatic heterocycles. The van der Waals surface area contributed by atoms with Crippen LogP contribution in [0.3, 0.4) is 0 Å². The van der Waals surface area contributed by atoms with Crippen LogP contribution in [0.25, 0.3) is 0 Å². The first-order valence-electron chi connectivity index (χ1n) is 6.17. The first-order chi connectivity index (χ1) is 8.99. The Labute approximate surface area is 108 Å². The lowest BCUT2D eigenvalue weighted by Gasteiger charge is -2.27. The minimum absolute atomic E-state index is 0.0613. The van der Waals surface area contributed by atoms with E-state index in [4.69, 9.17) is 9.84 Å².